The van der Waals surface area contributed by atoms with Crippen LogP contribution >= 0.6 is 0 Å². The first kappa shape index (κ1) is 32.5. The Kier molecular flexibility index (Phi) is 8.08. The molecule has 0 saturated carbocycles. The van der Waals surface area contributed by atoms with E-state index in [-0.39, 0.29) is 0 Å². The van der Waals surface area contributed by atoms with Crippen LogP contribution in [0.4, 0.5) is 0 Å². The van der Waals surface area contributed by atoms with Gasteiger partial charge in [0.05, 0.1) is 16.8 Å². The minimum atomic E-state index is -0.447. The Bertz CT molecular complexity index is 2720. The van der Waals surface area contributed by atoms with Crippen LogP contribution < -0.4 is 0 Å². The highest BCUT2D eigenvalue weighted by atomic mass is 14.9. The smallest absolute Gasteiger partial charge is 0.160 e. The van der Waals surface area contributed by atoms with Crippen molar-refractivity contribution in [3.63, 3.8) is 0 Å². The molecule has 2 nitrogen and oxygen atoms in total. The van der Waals surface area contributed by atoms with E-state index in [0.29, 0.717) is 5.82 Å². The molecule has 0 bridgehead atoms. The van der Waals surface area contributed by atoms with E-state index in [0.717, 1.165) is 44.8 Å². The van der Waals surface area contributed by atoms with E-state index in [9.17, 15) is 0 Å². The molecule has 258 valence electrons. The fourth-order valence-corrected chi connectivity index (χ4v) is 8.61. The van der Waals surface area contributed by atoms with E-state index in [4.69, 9.17) is 9.97 Å². The van der Waals surface area contributed by atoms with Gasteiger partial charge in [-0.1, -0.05) is 218 Å². The van der Waals surface area contributed by atoms with Gasteiger partial charge in [0.25, 0.3) is 0 Å². The predicted octanol–water partition coefficient (Wildman–Crippen LogP) is 13.2. The molecular formula is C53H36N2. The van der Waals surface area contributed by atoms with Crippen LogP contribution in [0.1, 0.15) is 22.3 Å². The second-order valence-corrected chi connectivity index (χ2v) is 14.1. The van der Waals surface area contributed by atoms with E-state index in [1.807, 2.05) is 24.3 Å². The van der Waals surface area contributed by atoms with Crippen LogP contribution in [-0.2, 0) is 5.41 Å². The topological polar surface area (TPSA) is 25.8 Å². The highest BCUT2D eigenvalue weighted by Gasteiger charge is 2.46. The molecule has 0 N–H and O–H groups in total. The first-order valence-electron chi connectivity index (χ1n) is 18.8. The van der Waals surface area contributed by atoms with Gasteiger partial charge in [-0.25, -0.2) is 9.97 Å². The zero-order valence-corrected chi connectivity index (χ0v) is 30.2. The first-order valence-corrected chi connectivity index (χ1v) is 18.8. The third-order valence-corrected chi connectivity index (χ3v) is 11.0. The van der Waals surface area contributed by atoms with Crippen molar-refractivity contribution < 1.29 is 0 Å². The molecule has 0 radical (unpaired) electrons. The van der Waals surface area contributed by atoms with Crippen molar-refractivity contribution in [1.82, 2.24) is 9.97 Å². The predicted molar refractivity (Wildman–Crippen MR) is 227 cm³/mol. The molecule has 0 atom stereocenters. The van der Waals surface area contributed by atoms with E-state index in [1.165, 1.54) is 38.9 Å². The average Bonchev–Trinajstić information content (AvgIpc) is 3.59. The summed E-state index contributed by atoms with van der Waals surface area (Å²) in [5, 5.41) is 0. The number of aromatic nitrogens is 2. The molecule has 1 heterocycles. The number of hydrogen-bond acceptors (Lipinski definition) is 2. The Morgan fingerprint density at radius 2 is 0.691 bits per heavy atom. The van der Waals surface area contributed by atoms with Crippen molar-refractivity contribution in [2.75, 3.05) is 0 Å². The summed E-state index contributed by atoms with van der Waals surface area (Å²) >= 11 is 0. The highest BCUT2D eigenvalue weighted by Crippen LogP contribution is 2.58. The monoisotopic (exact) mass is 700 g/mol. The van der Waals surface area contributed by atoms with Crippen LogP contribution in [0, 0.1) is 0 Å². The van der Waals surface area contributed by atoms with Crippen LogP contribution in [0.25, 0.3) is 67.3 Å². The van der Waals surface area contributed by atoms with Crippen molar-refractivity contribution in [2.45, 2.75) is 5.41 Å². The standard InChI is InChI=1S/C53H36N2/c1-6-19-38(20-7-1)48-50(39-21-8-2-9-22-39)54-52(41-23-10-3-11-24-41)55-51(48)40-35-33-37(34-36-40)44-30-18-32-47-49(44)45-29-16-17-31-46(45)53(47,42-25-12-4-13-26-42)43-27-14-5-15-28-43/h1-36H. The van der Waals surface area contributed by atoms with Crippen molar-refractivity contribution in [2.24, 2.45) is 0 Å². The lowest BCUT2D eigenvalue weighted by Crippen LogP contribution is -2.28. The zero-order chi connectivity index (χ0) is 36.6. The Hall–Kier alpha value is -7.16. The summed E-state index contributed by atoms with van der Waals surface area (Å²) in [5.74, 6) is 0.703. The molecule has 10 rings (SSSR count). The molecule has 2 heteroatoms. The van der Waals surface area contributed by atoms with Gasteiger partial charge in [-0.05, 0) is 50.1 Å². The van der Waals surface area contributed by atoms with Crippen LogP contribution in [0.15, 0.2) is 218 Å². The lowest BCUT2D eigenvalue weighted by molar-refractivity contribution is 0.768. The van der Waals surface area contributed by atoms with Crippen LogP contribution in [0.3, 0.4) is 0 Å². The van der Waals surface area contributed by atoms with Gasteiger partial charge in [-0.3, -0.25) is 0 Å². The van der Waals surface area contributed by atoms with Crippen molar-refractivity contribution in [3.05, 3.63) is 241 Å². The lowest BCUT2D eigenvalue weighted by Gasteiger charge is -2.34. The molecule has 0 spiro atoms. The summed E-state index contributed by atoms with van der Waals surface area (Å²) in [6.07, 6.45) is 0. The number of fused-ring (bicyclic) bond motifs is 3. The average molecular weight is 701 g/mol. The van der Waals surface area contributed by atoms with Crippen LogP contribution in [0.5, 0.6) is 0 Å². The Balaban J connectivity index is 1.18. The minimum Gasteiger partial charge on any atom is -0.227 e. The SMILES string of the molecule is c1ccc(-c2nc(-c3ccccc3)c(-c3ccccc3)c(-c3ccc(-c4cccc5c4-c4ccccc4C5(c4ccccc4)c4ccccc4)cc3)n2)cc1. The summed E-state index contributed by atoms with van der Waals surface area (Å²) in [5.41, 5.74) is 16.6. The number of rotatable bonds is 7. The van der Waals surface area contributed by atoms with Gasteiger partial charge >= 0.3 is 0 Å². The summed E-state index contributed by atoms with van der Waals surface area (Å²) in [6.45, 7) is 0. The molecule has 0 aliphatic heterocycles. The van der Waals surface area contributed by atoms with Gasteiger partial charge in [0.1, 0.15) is 0 Å². The minimum absolute atomic E-state index is 0.447. The second kappa shape index (κ2) is 13.7. The molecule has 1 aromatic heterocycles. The lowest BCUT2D eigenvalue weighted by atomic mass is 9.67. The fourth-order valence-electron chi connectivity index (χ4n) is 8.61. The molecule has 0 amide bonds. The van der Waals surface area contributed by atoms with Gasteiger partial charge in [-0.2, -0.15) is 0 Å². The third-order valence-electron chi connectivity index (χ3n) is 11.0. The molecule has 55 heavy (non-hydrogen) atoms. The van der Waals surface area contributed by atoms with E-state index >= 15 is 0 Å². The summed E-state index contributed by atoms with van der Waals surface area (Å²) < 4.78 is 0. The van der Waals surface area contributed by atoms with Crippen molar-refractivity contribution in [1.29, 1.82) is 0 Å². The first-order chi connectivity index (χ1) is 27.3. The summed E-state index contributed by atoms with van der Waals surface area (Å²) in [7, 11) is 0. The maximum Gasteiger partial charge on any atom is 0.160 e. The molecule has 1 aliphatic carbocycles. The number of nitrogens with zero attached hydrogens (tertiary/aromatic N) is 2. The van der Waals surface area contributed by atoms with Crippen LogP contribution in [-0.4, -0.2) is 9.97 Å². The largest absolute Gasteiger partial charge is 0.227 e. The quantitative estimate of drug-likeness (QED) is 0.165. The third kappa shape index (κ3) is 5.42. The molecule has 0 fully saturated rings. The second-order valence-electron chi connectivity index (χ2n) is 14.1. The summed E-state index contributed by atoms with van der Waals surface area (Å²) in [6, 6.07) is 78.0. The van der Waals surface area contributed by atoms with Gasteiger partial charge < -0.3 is 0 Å². The van der Waals surface area contributed by atoms with Gasteiger partial charge in [0.2, 0.25) is 0 Å². The van der Waals surface area contributed by atoms with E-state index < -0.39 is 5.41 Å². The molecule has 1 aliphatic rings. The van der Waals surface area contributed by atoms with E-state index in [1.54, 1.807) is 0 Å². The summed E-state index contributed by atoms with van der Waals surface area (Å²) in [4.78, 5) is 10.6. The van der Waals surface area contributed by atoms with Gasteiger partial charge in [-0.15, -0.1) is 0 Å². The Morgan fingerprint density at radius 1 is 0.273 bits per heavy atom. The van der Waals surface area contributed by atoms with Gasteiger partial charge in [0, 0.05) is 22.3 Å². The molecule has 0 saturated heterocycles. The zero-order valence-electron chi connectivity index (χ0n) is 30.2. The van der Waals surface area contributed by atoms with E-state index in [2.05, 4.69) is 194 Å². The normalized spacial score (nSPS) is 12.5. The maximum atomic E-state index is 5.34. The Morgan fingerprint density at radius 3 is 1.27 bits per heavy atom. The van der Waals surface area contributed by atoms with Gasteiger partial charge in [0.15, 0.2) is 5.82 Å². The molecule has 8 aromatic carbocycles. The van der Waals surface area contributed by atoms with Crippen LogP contribution in [0.2, 0.25) is 0 Å². The molecular weight excluding hydrogens is 665 g/mol. The Labute approximate surface area is 322 Å². The van der Waals surface area contributed by atoms with Crippen molar-refractivity contribution >= 4 is 0 Å². The number of hydrogen-bond donors (Lipinski definition) is 0. The molecule has 9 aromatic rings. The maximum absolute atomic E-state index is 5.34. The highest BCUT2D eigenvalue weighted by molar-refractivity contribution is 5.97. The molecule has 0 unspecified atom stereocenters. The number of benzene rings is 8. The fraction of sp³-hybridized carbons (Fsp3) is 0.0189. The van der Waals surface area contributed by atoms with Crippen molar-refractivity contribution in [3.8, 4) is 67.3 Å².